The van der Waals surface area contributed by atoms with E-state index in [1.54, 1.807) is 19.1 Å². The van der Waals surface area contributed by atoms with E-state index in [1.165, 1.54) is 0 Å². The van der Waals surface area contributed by atoms with Crippen LogP contribution in [0.2, 0.25) is 0 Å². The number of aliphatic hydroxyl groups is 2. The van der Waals surface area contributed by atoms with Gasteiger partial charge in [0.1, 0.15) is 24.6 Å². The Morgan fingerprint density at radius 2 is 2.22 bits per heavy atom. The molecule has 5 atom stereocenters. The zero-order valence-electron chi connectivity index (χ0n) is 15.6. The van der Waals surface area contributed by atoms with Crippen molar-refractivity contribution in [2.45, 2.75) is 51.4 Å². The summed E-state index contributed by atoms with van der Waals surface area (Å²) in [6, 6.07) is 0. The highest BCUT2D eigenvalue weighted by Crippen LogP contribution is 2.36. The van der Waals surface area contributed by atoms with E-state index < -0.39 is 42.1 Å². The molecule has 7 nitrogen and oxygen atoms in total. The summed E-state index contributed by atoms with van der Waals surface area (Å²) in [6.07, 6.45) is 1.57. The summed E-state index contributed by atoms with van der Waals surface area (Å²) < 4.78 is 10.9. The molecule has 0 aromatic heterocycles. The van der Waals surface area contributed by atoms with Crippen LogP contribution in [0.1, 0.15) is 33.1 Å². The highest BCUT2D eigenvalue weighted by molar-refractivity contribution is 5.91. The number of aldehydes is 1. The van der Waals surface area contributed by atoms with E-state index in [9.17, 15) is 24.6 Å². The Hall–Kier alpha value is -2.25. The number of carbonyl (C=O) groups excluding carboxylic acids is 3. The third kappa shape index (κ3) is 4.54. The second-order valence-corrected chi connectivity index (χ2v) is 6.92. The molecule has 1 heterocycles. The van der Waals surface area contributed by atoms with Crippen LogP contribution in [0.4, 0.5) is 0 Å². The summed E-state index contributed by atoms with van der Waals surface area (Å²) in [5.41, 5.74) is 0.736. The molecule has 0 aromatic rings. The van der Waals surface area contributed by atoms with Crippen LogP contribution in [-0.4, -0.2) is 53.4 Å². The smallest absolute Gasteiger partial charge is 0.334 e. The van der Waals surface area contributed by atoms with Gasteiger partial charge in [-0.15, -0.1) is 0 Å². The van der Waals surface area contributed by atoms with Crippen molar-refractivity contribution in [3.05, 3.63) is 35.5 Å². The Morgan fingerprint density at radius 1 is 1.52 bits per heavy atom. The highest BCUT2D eigenvalue weighted by atomic mass is 16.6. The molecular formula is C20H26O7. The molecule has 1 aliphatic carbocycles. The molecule has 0 aromatic carbocycles. The van der Waals surface area contributed by atoms with E-state index in [1.807, 2.05) is 6.92 Å². The van der Waals surface area contributed by atoms with E-state index in [0.29, 0.717) is 31.1 Å². The van der Waals surface area contributed by atoms with Crippen molar-refractivity contribution in [1.82, 2.24) is 0 Å². The van der Waals surface area contributed by atoms with Crippen molar-refractivity contribution in [2.75, 3.05) is 6.61 Å². The minimum atomic E-state index is -1.42. The van der Waals surface area contributed by atoms with Gasteiger partial charge in [0.25, 0.3) is 0 Å². The third-order valence-electron chi connectivity index (χ3n) is 5.12. The summed E-state index contributed by atoms with van der Waals surface area (Å²) in [5, 5.41) is 20.3. The number of aliphatic hydroxyl groups excluding tert-OH is 2. The monoisotopic (exact) mass is 378 g/mol. The van der Waals surface area contributed by atoms with Crippen LogP contribution >= 0.6 is 0 Å². The van der Waals surface area contributed by atoms with E-state index >= 15 is 0 Å². The molecule has 1 saturated heterocycles. The maximum atomic E-state index is 12.4. The van der Waals surface area contributed by atoms with Gasteiger partial charge in [-0.1, -0.05) is 26.5 Å². The average Bonchev–Trinajstić information content (AvgIpc) is 2.94. The molecule has 2 N–H and O–H groups in total. The van der Waals surface area contributed by atoms with Crippen LogP contribution < -0.4 is 0 Å². The highest BCUT2D eigenvalue weighted by Gasteiger charge is 2.48. The molecule has 148 valence electrons. The zero-order chi connectivity index (χ0) is 20.1. The van der Waals surface area contributed by atoms with Crippen molar-refractivity contribution in [3.8, 4) is 0 Å². The first kappa shape index (κ1) is 21.1. The SMILES string of the molecule is C=C1C(=O)O[C@@H]2/C=C(\CO)CCC=C(C=O)[C@H](O)[C@H](OC(=O)[C@H](C)CC)[C@@H]12. The second-order valence-electron chi connectivity index (χ2n) is 6.92. The maximum Gasteiger partial charge on any atom is 0.334 e. The molecule has 1 fully saturated rings. The third-order valence-corrected chi connectivity index (χ3v) is 5.12. The van der Waals surface area contributed by atoms with Gasteiger partial charge in [0.15, 0.2) is 0 Å². The second kappa shape index (κ2) is 9.10. The summed E-state index contributed by atoms with van der Waals surface area (Å²) in [5.74, 6) is -2.47. The lowest BCUT2D eigenvalue weighted by Crippen LogP contribution is -2.43. The fourth-order valence-corrected chi connectivity index (χ4v) is 3.18. The van der Waals surface area contributed by atoms with Crippen LogP contribution in [0.3, 0.4) is 0 Å². The van der Waals surface area contributed by atoms with Crippen LogP contribution in [0.25, 0.3) is 0 Å². The molecule has 27 heavy (non-hydrogen) atoms. The van der Waals surface area contributed by atoms with Crippen molar-refractivity contribution < 1.29 is 34.1 Å². The minimum absolute atomic E-state index is 0.0559. The topological polar surface area (TPSA) is 110 Å². The number of hydrogen-bond donors (Lipinski definition) is 2. The largest absolute Gasteiger partial charge is 0.458 e. The van der Waals surface area contributed by atoms with Gasteiger partial charge in [0.2, 0.25) is 0 Å². The molecule has 0 spiro atoms. The van der Waals surface area contributed by atoms with Crippen LogP contribution in [-0.2, 0) is 23.9 Å². The summed E-state index contributed by atoms with van der Waals surface area (Å²) in [7, 11) is 0. The predicted octanol–water partition coefficient (Wildman–Crippen LogP) is 1.24. The Balaban J connectivity index is 2.50. The van der Waals surface area contributed by atoms with Crippen molar-refractivity contribution >= 4 is 18.2 Å². The Labute approximate surface area is 158 Å². The van der Waals surface area contributed by atoms with Crippen LogP contribution in [0, 0.1) is 11.8 Å². The number of allylic oxidation sites excluding steroid dienone is 1. The van der Waals surface area contributed by atoms with Crippen molar-refractivity contribution in [1.29, 1.82) is 0 Å². The van der Waals surface area contributed by atoms with E-state index in [4.69, 9.17) is 9.47 Å². The first-order valence-corrected chi connectivity index (χ1v) is 9.08. The molecular weight excluding hydrogens is 352 g/mol. The van der Waals surface area contributed by atoms with Gasteiger partial charge >= 0.3 is 11.9 Å². The lowest BCUT2D eigenvalue weighted by atomic mass is 9.83. The number of hydrogen-bond acceptors (Lipinski definition) is 7. The molecule has 0 unspecified atom stereocenters. The standard InChI is InChI=1S/C20H26O7/c1-4-11(2)19(24)27-18-16-12(3)20(25)26-15(16)8-13(9-21)6-5-7-14(10-22)17(18)23/h7-8,10-11,15-18,21,23H,3-6,9H2,1-2H3/b13-8-,14-7?/t11-,15-,16+,17+,18-/m1/s1. The van der Waals surface area contributed by atoms with E-state index in [0.717, 1.165) is 0 Å². The quantitative estimate of drug-likeness (QED) is 0.320. The van der Waals surface area contributed by atoms with Gasteiger partial charge in [0.05, 0.1) is 18.4 Å². The average molecular weight is 378 g/mol. The fourth-order valence-electron chi connectivity index (χ4n) is 3.18. The Morgan fingerprint density at radius 3 is 2.81 bits per heavy atom. The minimum Gasteiger partial charge on any atom is -0.458 e. The normalized spacial score (nSPS) is 31.7. The molecule has 1 aliphatic heterocycles. The van der Waals surface area contributed by atoms with E-state index in [2.05, 4.69) is 6.58 Å². The lowest BCUT2D eigenvalue weighted by molar-refractivity contribution is -0.162. The number of ether oxygens (including phenoxy) is 2. The van der Waals surface area contributed by atoms with Gasteiger partial charge in [-0.05, 0) is 30.9 Å². The first-order valence-electron chi connectivity index (χ1n) is 9.08. The van der Waals surface area contributed by atoms with E-state index in [-0.39, 0.29) is 17.8 Å². The Kier molecular flexibility index (Phi) is 7.10. The summed E-state index contributed by atoms with van der Waals surface area (Å²) >= 11 is 0. The molecule has 0 bridgehead atoms. The van der Waals surface area contributed by atoms with Gasteiger partial charge in [-0.2, -0.15) is 0 Å². The van der Waals surface area contributed by atoms with Gasteiger partial charge in [-0.3, -0.25) is 9.59 Å². The Bertz CT molecular complexity index is 676. The zero-order valence-corrected chi connectivity index (χ0v) is 15.6. The van der Waals surface area contributed by atoms with Crippen molar-refractivity contribution in [3.63, 3.8) is 0 Å². The molecule has 0 radical (unpaired) electrons. The fraction of sp³-hybridized carbons (Fsp3) is 0.550. The number of esters is 2. The predicted molar refractivity (Wildman–Crippen MR) is 96.4 cm³/mol. The number of rotatable bonds is 5. The van der Waals surface area contributed by atoms with Gasteiger partial charge in [0, 0.05) is 11.1 Å². The number of fused-ring (bicyclic) bond motifs is 1. The van der Waals surface area contributed by atoms with Gasteiger partial charge < -0.3 is 19.7 Å². The maximum absolute atomic E-state index is 12.4. The van der Waals surface area contributed by atoms with Gasteiger partial charge in [-0.25, -0.2) is 4.79 Å². The molecule has 2 rings (SSSR count). The summed E-state index contributed by atoms with van der Waals surface area (Å²) in [6.45, 7) is 7.01. The molecule has 2 aliphatic rings. The number of carbonyl (C=O) groups is 3. The lowest BCUT2D eigenvalue weighted by Gasteiger charge is -2.31. The van der Waals surface area contributed by atoms with Crippen LogP contribution in [0.15, 0.2) is 35.5 Å². The molecule has 7 heteroatoms. The first-order chi connectivity index (χ1) is 12.8. The van der Waals surface area contributed by atoms with Crippen molar-refractivity contribution in [2.24, 2.45) is 11.8 Å². The molecule has 0 amide bonds. The molecule has 0 saturated carbocycles. The summed E-state index contributed by atoms with van der Waals surface area (Å²) in [4.78, 5) is 36.0. The van der Waals surface area contributed by atoms with Crippen LogP contribution in [0.5, 0.6) is 0 Å².